The molecule has 0 unspecified atom stereocenters. The van der Waals surface area contributed by atoms with E-state index in [1.54, 1.807) is 11.3 Å². The molecule has 1 nitrogen and oxygen atoms in total. The Morgan fingerprint density at radius 1 is 0.947 bits per heavy atom. The van der Waals surface area contributed by atoms with Crippen LogP contribution in [-0.2, 0) is 6.54 Å². The molecule has 0 aliphatic heterocycles. The van der Waals surface area contributed by atoms with Gasteiger partial charge >= 0.3 is 0 Å². The first-order chi connectivity index (χ1) is 9.33. The highest BCUT2D eigenvalue weighted by atomic mass is 79.9. The number of benzene rings is 2. The van der Waals surface area contributed by atoms with Crippen LogP contribution in [0.4, 0.5) is 0 Å². The molecule has 0 radical (unpaired) electrons. The predicted molar refractivity (Wildman–Crippen MR) is 83.2 cm³/mol. The van der Waals surface area contributed by atoms with Gasteiger partial charge in [0.15, 0.2) is 12.7 Å². The fraction of sp³-hybridized carbons (Fsp3) is 0.0625. The quantitative estimate of drug-likeness (QED) is 0.622. The molecule has 3 heteroatoms. The number of thiazole rings is 1. The Hall–Kier alpha value is -1.45. The molecule has 3 rings (SSSR count). The highest BCUT2D eigenvalue weighted by Crippen LogP contribution is 2.22. The van der Waals surface area contributed by atoms with Gasteiger partial charge in [-0.15, -0.1) is 0 Å². The van der Waals surface area contributed by atoms with Crippen molar-refractivity contribution < 1.29 is 4.57 Å². The van der Waals surface area contributed by atoms with E-state index in [0.29, 0.717) is 0 Å². The molecule has 0 N–H and O–H groups in total. The van der Waals surface area contributed by atoms with Crippen LogP contribution in [0.3, 0.4) is 0 Å². The van der Waals surface area contributed by atoms with Crippen molar-refractivity contribution in [1.29, 1.82) is 0 Å². The zero-order valence-corrected chi connectivity index (χ0v) is 12.7. The molecule has 1 aromatic heterocycles. The van der Waals surface area contributed by atoms with Crippen molar-refractivity contribution in [2.75, 3.05) is 0 Å². The fourth-order valence-corrected chi connectivity index (χ4v) is 3.17. The second-order valence-electron chi connectivity index (χ2n) is 4.33. The maximum Gasteiger partial charge on any atom is 0.269 e. The van der Waals surface area contributed by atoms with Gasteiger partial charge in [-0.05, 0) is 24.3 Å². The summed E-state index contributed by atoms with van der Waals surface area (Å²) in [5.74, 6) is 0. The molecule has 0 aliphatic rings. The third-order valence-corrected chi connectivity index (χ3v) is 4.45. The van der Waals surface area contributed by atoms with Crippen LogP contribution in [0.2, 0.25) is 0 Å². The summed E-state index contributed by atoms with van der Waals surface area (Å²) in [6.45, 7) is 0.912. The van der Waals surface area contributed by atoms with Crippen molar-refractivity contribution in [3.8, 4) is 10.6 Å². The lowest BCUT2D eigenvalue weighted by molar-refractivity contribution is -0.673. The summed E-state index contributed by atoms with van der Waals surface area (Å²) < 4.78 is 3.41. The van der Waals surface area contributed by atoms with Crippen molar-refractivity contribution in [1.82, 2.24) is 0 Å². The van der Waals surface area contributed by atoms with E-state index in [1.807, 2.05) is 0 Å². The van der Waals surface area contributed by atoms with E-state index >= 15 is 0 Å². The van der Waals surface area contributed by atoms with E-state index in [1.165, 1.54) is 16.1 Å². The van der Waals surface area contributed by atoms with Crippen LogP contribution in [0.15, 0.2) is 70.6 Å². The molecule has 19 heavy (non-hydrogen) atoms. The average Bonchev–Trinajstić information content (AvgIpc) is 2.89. The van der Waals surface area contributed by atoms with Gasteiger partial charge in [-0.25, -0.2) is 0 Å². The van der Waals surface area contributed by atoms with E-state index in [9.17, 15) is 0 Å². The van der Waals surface area contributed by atoms with Crippen LogP contribution in [0.5, 0.6) is 0 Å². The molecular formula is C16H13BrNS+. The lowest BCUT2D eigenvalue weighted by atomic mass is 10.2. The number of hydrogen-bond donors (Lipinski definition) is 0. The molecule has 0 saturated heterocycles. The fourth-order valence-electron chi connectivity index (χ4n) is 2.03. The Balaban J connectivity index is 1.92. The molecule has 0 bridgehead atoms. The Bertz CT molecular complexity index is 659. The van der Waals surface area contributed by atoms with E-state index in [2.05, 4.69) is 86.7 Å². The predicted octanol–water partition coefficient (Wildman–Crippen LogP) is 4.51. The standard InChI is InChI=1S/C16H13BrNS/c17-15-8-6-14(7-9-15)16-18(10-11-19-16)12-13-4-2-1-3-5-13/h1-11H,12H2/q+1. The van der Waals surface area contributed by atoms with Crippen molar-refractivity contribution >= 4 is 27.3 Å². The monoisotopic (exact) mass is 330 g/mol. The Morgan fingerprint density at radius 3 is 2.42 bits per heavy atom. The maximum absolute atomic E-state index is 3.48. The van der Waals surface area contributed by atoms with Gasteiger partial charge in [0.25, 0.3) is 5.01 Å². The first-order valence-electron chi connectivity index (χ1n) is 6.10. The molecule has 3 aromatic rings. The minimum absolute atomic E-state index is 0.912. The van der Waals surface area contributed by atoms with E-state index in [4.69, 9.17) is 0 Å². The molecule has 0 aliphatic carbocycles. The number of rotatable bonds is 3. The molecule has 2 aromatic carbocycles. The first-order valence-corrected chi connectivity index (χ1v) is 7.77. The van der Waals surface area contributed by atoms with Gasteiger partial charge in [0.1, 0.15) is 0 Å². The summed E-state index contributed by atoms with van der Waals surface area (Å²) in [5.41, 5.74) is 2.58. The van der Waals surface area contributed by atoms with E-state index in [-0.39, 0.29) is 0 Å². The third-order valence-electron chi connectivity index (χ3n) is 2.97. The van der Waals surface area contributed by atoms with Crippen molar-refractivity contribution in [3.05, 3.63) is 76.2 Å². The van der Waals surface area contributed by atoms with Crippen LogP contribution >= 0.6 is 27.3 Å². The molecule has 94 valence electrons. The summed E-state index contributed by atoms with van der Waals surface area (Å²) in [6, 6.07) is 19.0. The second kappa shape index (κ2) is 5.68. The molecule has 0 saturated carbocycles. The van der Waals surface area contributed by atoms with Gasteiger partial charge in [0.05, 0.1) is 10.9 Å². The zero-order chi connectivity index (χ0) is 13.1. The summed E-state index contributed by atoms with van der Waals surface area (Å²) >= 11 is 5.25. The normalized spacial score (nSPS) is 10.6. The molecule has 0 atom stereocenters. The van der Waals surface area contributed by atoms with E-state index in [0.717, 1.165) is 11.0 Å². The minimum Gasteiger partial charge on any atom is -0.184 e. The minimum atomic E-state index is 0.912. The van der Waals surface area contributed by atoms with Gasteiger partial charge in [0.2, 0.25) is 0 Å². The SMILES string of the molecule is Brc1ccc(-c2scc[n+]2Cc2ccccc2)cc1. The van der Waals surface area contributed by atoms with E-state index < -0.39 is 0 Å². The number of hydrogen-bond acceptors (Lipinski definition) is 1. The van der Waals surface area contributed by atoms with Crippen LogP contribution in [-0.4, -0.2) is 0 Å². The molecule has 0 fully saturated rings. The first kappa shape index (κ1) is 12.6. The van der Waals surface area contributed by atoms with Crippen LogP contribution in [0.25, 0.3) is 10.6 Å². The molecule has 0 amide bonds. The smallest absolute Gasteiger partial charge is 0.184 e. The van der Waals surface area contributed by atoms with Crippen LogP contribution in [0.1, 0.15) is 5.56 Å². The van der Waals surface area contributed by atoms with Crippen molar-refractivity contribution in [2.24, 2.45) is 0 Å². The Morgan fingerprint density at radius 2 is 1.68 bits per heavy atom. The third kappa shape index (κ3) is 2.94. The van der Waals surface area contributed by atoms with Gasteiger partial charge in [-0.2, -0.15) is 4.57 Å². The van der Waals surface area contributed by atoms with Crippen molar-refractivity contribution in [3.63, 3.8) is 0 Å². The van der Waals surface area contributed by atoms with Gasteiger partial charge in [-0.3, -0.25) is 0 Å². The molecule has 1 heterocycles. The summed E-state index contributed by atoms with van der Waals surface area (Å²) in [6.07, 6.45) is 2.15. The number of nitrogens with zero attached hydrogens (tertiary/aromatic N) is 1. The summed E-state index contributed by atoms with van der Waals surface area (Å²) in [4.78, 5) is 0. The van der Waals surface area contributed by atoms with Crippen LogP contribution in [0, 0.1) is 0 Å². The number of aromatic nitrogens is 1. The number of halogens is 1. The zero-order valence-electron chi connectivity index (χ0n) is 10.3. The largest absolute Gasteiger partial charge is 0.269 e. The highest BCUT2D eigenvalue weighted by molar-refractivity contribution is 9.10. The average molecular weight is 331 g/mol. The van der Waals surface area contributed by atoms with Crippen molar-refractivity contribution in [2.45, 2.75) is 6.54 Å². The van der Waals surface area contributed by atoms with Crippen LogP contribution < -0.4 is 4.57 Å². The second-order valence-corrected chi connectivity index (χ2v) is 6.14. The maximum atomic E-state index is 3.48. The van der Waals surface area contributed by atoms with Gasteiger partial charge < -0.3 is 0 Å². The lowest BCUT2D eigenvalue weighted by Crippen LogP contribution is -2.33. The topological polar surface area (TPSA) is 3.88 Å². The Kier molecular flexibility index (Phi) is 3.76. The highest BCUT2D eigenvalue weighted by Gasteiger charge is 2.15. The lowest BCUT2D eigenvalue weighted by Gasteiger charge is -1.99. The molecule has 0 spiro atoms. The van der Waals surface area contributed by atoms with Gasteiger partial charge in [-0.1, -0.05) is 57.6 Å². The summed E-state index contributed by atoms with van der Waals surface area (Å²) in [7, 11) is 0. The van der Waals surface area contributed by atoms with Gasteiger partial charge in [0, 0.05) is 10.0 Å². The molecular weight excluding hydrogens is 318 g/mol. The summed E-state index contributed by atoms with van der Waals surface area (Å²) in [5, 5.41) is 3.43. The Labute approximate surface area is 125 Å².